The van der Waals surface area contributed by atoms with Crippen LogP contribution in [0.5, 0.6) is 11.5 Å². The van der Waals surface area contributed by atoms with Crippen LogP contribution >= 0.6 is 23.2 Å². The molecule has 14 nitrogen and oxygen atoms in total. The van der Waals surface area contributed by atoms with E-state index >= 15 is 0 Å². The Morgan fingerprint density at radius 1 is 1.02 bits per heavy atom. The van der Waals surface area contributed by atoms with Gasteiger partial charge in [-0.3, -0.25) is 9.69 Å². The number of rotatable bonds is 9. The topological polar surface area (TPSA) is 170 Å². The van der Waals surface area contributed by atoms with E-state index in [4.69, 9.17) is 42.6 Å². The van der Waals surface area contributed by atoms with E-state index in [1.165, 1.54) is 44.6 Å². The number of hydrogen-bond acceptors (Lipinski definition) is 10. The van der Waals surface area contributed by atoms with E-state index in [2.05, 4.69) is 42.7 Å². The summed E-state index contributed by atoms with van der Waals surface area (Å²) in [5.74, 6) is -1.97. The van der Waals surface area contributed by atoms with E-state index in [0.717, 1.165) is 31.9 Å². The molecule has 3 aromatic rings. The molecule has 0 atom stereocenters. The zero-order chi connectivity index (χ0) is 35.6. The number of ether oxygens (including phenoxy) is 2. The summed E-state index contributed by atoms with van der Waals surface area (Å²) in [7, 11) is 4.39. The molecule has 2 aromatic carbocycles. The number of benzene rings is 2. The van der Waals surface area contributed by atoms with Crippen molar-refractivity contribution in [2.24, 2.45) is 0 Å². The number of urea groups is 1. The van der Waals surface area contributed by atoms with Gasteiger partial charge in [-0.15, -0.1) is 0 Å². The number of nitrogens with one attached hydrogen (secondary N) is 4. The number of piperazine rings is 1. The summed E-state index contributed by atoms with van der Waals surface area (Å²) in [4.78, 5) is 46.2. The molecule has 0 unspecified atom stereocenters. The van der Waals surface area contributed by atoms with Crippen molar-refractivity contribution >= 4 is 75.5 Å². The molecule has 19 heteroatoms. The molecular weight excluding hydrogens is 684 g/mol. The summed E-state index contributed by atoms with van der Waals surface area (Å²) in [6.45, 7) is 7.01. The quantitative estimate of drug-likeness (QED) is 0.180. The number of carbonyl (C=O) groups excluding carboxylic acids is 2. The SMILES string of the molecule is C=CC(=O)Nc1cc(N2CCNCC2)ccc1Nc1cc(N(C)C(=O)Nc2cc(OC)c(Cl)c(OC)c2Cl)ncn1.O=C(O)C(F)(F)F. The minimum Gasteiger partial charge on any atom is -0.495 e. The molecule has 1 fully saturated rings. The van der Waals surface area contributed by atoms with Gasteiger partial charge in [0.2, 0.25) is 5.91 Å². The van der Waals surface area contributed by atoms with Gasteiger partial charge in [-0.25, -0.2) is 19.6 Å². The maximum absolute atomic E-state index is 13.1. The zero-order valence-electron chi connectivity index (χ0n) is 25.7. The number of halogens is 5. The van der Waals surface area contributed by atoms with E-state index in [0.29, 0.717) is 17.2 Å². The Balaban J connectivity index is 0.000000804. The maximum atomic E-state index is 13.1. The molecule has 0 saturated carbocycles. The summed E-state index contributed by atoms with van der Waals surface area (Å²) < 4.78 is 42.3. The fourth-order valence-electron chi connectivity index (χ4n) is 4.10. The highest BCUT2D eigenvalue weighted by Gasteiger charge is 2.38. The Bertz CT molecular complexity index is 1660. The number of alkyl halides is 3. The lowest BCUT2D eigenvalue weighted by molar-refractivity contribution is -0.192. The molecule has 1 saturated heterocycles. The van der Waals surface area contributed by atoms with E-state index in [1.54, 1.807) is 6.07 Å². The second-order valence-electron chi connectivity index (χ2n) is 9.63. The zero-order valence-corrected chi connectivity index (χ0v) is 27.3. The standard InChI is InChI=1S/C27H30Cl2N8O4.C2HF3O2/c1-5-23(38)34-18-12-16(37-10-8-30-9-11-37)6-7-17(18)33-21-14-22(32-15-31-21)36(2)27(39)35-19-13-20(40-3)25(29)26(41-4)24(19)28;3-2(4,5)1(6)7/h5-7,12-15,30H,1,8-11H2,2-4H3,(H,34,38)(H,35,39)(H,31,32,33);(H,6,7). The Labute approximate surface area is 282 Å². The van der Waals surface area contributed by atoms with E-state index in [1.807, 2.05) is 18.2 Å². The van der Waals surface area contributed by atoms with Crippen LogP contribution in [0, 0.1) is 0 Å². The number of hydrogen-bond donors (Lipinski definition) is 5. The van der Waals surface area contributed by atoms with Gasteiger partial charge in [0.25, 0.3) is 0 Å². The lowest BCUT2D eigenvalue weighted by Gasteiger charge is -2.30. The van der Waals surface area contributed by atoms with Crippen LogP contribution in [0.3, 0.4) is 0 Å². The van der Waals surface area contributed by atoms with Gasteiger partial charge in [-0.1, -0.05) is 29.8 Å². The first-order chi connectivity index (χ1) is 22.7. The van der Waals surface area contributed by atoms with Crippen molar-refractivity contribution in [1.29, 1.82) is 0 Å². The van der Waals surface area contributed by atoms with Gasteiger partial charge in [-0.05, 0) is 24.3 Å². The molecule has 0 radical (unpaired) electrons. The highest BCUT2D eigenvalue weighted by atomic mass is 35.5. The first kappa shape index (κ1) is 37.5. The van der Waals surface area contributed by atoms with Crippen molar-refractivity contribution in [2.75, 3.05) is 73.2 Å². The van der Waals surface area contributed by atoms with Crippen LogP contribution in [-0.4, -0.2) is 86.6 Å². The van der Waals surface area contributed by atoms with Gasteiger partial charge in [0.1, 0.15) is 33.8 Å². The first-order valence-electron chi connectivity index (χ1n) is 13.8. The molecule has 0 aliphatic carbocycles. The molecule has 1 aromatic heterocycles. The summed E-state index contributed by atoms with van der Waals surface area (Å²) in [6.07, 6.45) is -2.56. The highest BCUT2D eigenvalue weighted by Crippen LogP contribution is 2.44. The predicted molar refractivity (Wildman–Crippen MR) is 176 cm³/mol. The molecule has 5 N–H and O–H groups in total. The number of aliphatic carboxylic acids is 1. The van der Waals surface area contributed by atoms with Crippen molar-refractivity contribution in [2.45, 2.75) is 6.18 Å². The van der Waals surface area contributed by atoms with Crippen LogP contribution in [0.15, 0.2) is 49.3 Å². The summed E-state index contributed by atoms with van der Waals surface area (Å²) in [5.41, 5.74) is 2.37. The molecule has 0 bridgehead atoms. The number of aromatic nitrogens is 2. The van der Waals surface area contributed by atoms with Crippen molar-refractivity contribution in [1.82, 2.24) is 15.3 Å². The number of nitrogens with zero attached hydrogens (tertiary/aromatic N) is 4. The third-order valence-corrected chi connectivity index (χ3v) is 7.26. The van der Waals surface area contributed by atoms with Crippen molar-refractivity contribution in [3.63, 3.8) is 0 Å². The Kier molecular flexibility index (Phi) is 13.0. The smallest absolute Gasteiger partial charge is 0.490 e. The summed E-state index contributed by atoms with van der Waals surface area (Å²) in [6, 6.07) is 8.27. The fourth-order valence-corrected chi connectivity index (χ4v) is 4.72. The van der Waals surface area contributed by atoms with E-state index < -0.39 is 18.2 Å². The molecular formula is C29H31Cl2F3N8O6. The van der Waals surface area contributed by atoms with Gasteiger partial charge >= 0.3 is 18.2 Å². The van der Waals surface area contributed by atoms with Gasteiger partial charge in [0.15, 0.2) is 5.75 Å². The largest absolute Gasteiger partial charge is 0.495 e. The van der Waals surface area contributed by atoms with E-state index in [-0.39, 0.29) is 39.0 Å². The predicted octanol–water partition coefficient (Wildman–Crippen LogP) is 5.38. The molecule has 258 valence electrons. The fraction of sp³-hybridized carbons (Fsp3) is 0.276. The average molecular weight is 716 g/mol. The number of amides is 3. The Hall–Kier alpha value is -5.00. The first-order valence-corrected chi connectivity index (χ1v) is 14.5. The molecule has 48 heavy (non-hydrogen) atoms. The van der Waals surface area contributed by atoms with Crippen LogP contribution in [-0.2, 0) is 9.59 Å². The molecule has 1 aliphatic rings. The summed E-state index contributed by atoms with van der Waals surface area (Å²) in [5, 5.41) is 19.5. The highest BCUT2D eigenvalue weighted by molar-refractivity contribution is 6.40. The van der Waals surface area contributed by atoms with Gasteiger partial charge in [0.05, 0.1) is 31.3 Å². The number of carboxylic acids is 1. The van der Waals surface area contributed by atoms with Crippen LogP contribution in [0.1, 0.15) is 0 Å². The Morgan fingerprint density at radius 2 is 1.69 bits per heavy atom. The molecule has 3 amide bonds. The average Bonchev–Trinajstić information content (AvgIpc) is 3.07. The number of anilines is 6. The molecule has 4 rings (SSSR count). The minimum atomic E-state index is -5.08. The molecule has 0 spiro atoms. The lowest BCUT2D eigenvalue weighted by atomic mass is 10.2. The van der Waals surface area contributed by atoms with Crippen LogP contribution < -0.4 is 40.5 Å². The maximum Gasteiger partial charge on any atom is 0.490 e. The number of carbonyl (C=O) groups is 3. The minimum absolute atomic E-state index is 0.114. The third kappa shape index (κ3) is 9.76. The van der Waals surface area contributed by atoms with E-state index in [9.17, 15) is 22.8 Å². The third-order valence-electron chi connectivity index (χ3n) is 6.53. The monoisotopic (exact) mass is 714 g/mol. The normalized spacial score (nSPS) is 12.5. The number of carboxylic acid groups (broad SMARTS) is 1. The van der Waals surface area contributed by atoms with Gasteiger partial charge in [0, 0.05) is 51.0 Å². The van der Waals surface area contributed by atoms with Crippen molar-refractivity contribution in [3.05, 3.63) is 59.4 Å². The van der Waals surface area contributed by atoms with Crippen LogP contribution in [0.2, 0.25) is 10.0 Å². The molecule has 2 heterocycles. The summed E-state index contributed by atoms with van der Waals surface area (Å²) >= 11 is 12.6. The second kappa shape index (κ2) is 16.7. The van der Waals surface area contributed by atoms with Gasteiger partial charge in [-0.2, -0.15) is 13.2 Å². The molecule has 1 aliphatic heterocycles. The Morgan fingerprint density at radius 3 is 2.27 bits per heavy atom. The van der Waals surface area contributed by atoms with Crippen LogP contribution in [0.25, 0.3) is 0 Å². The van der Waals surface area contributed by atoms with Crippen molar-refractivity contribution < 1.29 is 42.1 Å². The van der Waals surface area contributed by atoms with Crippen LogP contribution in [0.4, 0.5) is 52.4 Å². The second-order valence-corrected chi connectivity index (χ2v) is 10.4. The number of methoxy groups -OCH3 is 2. The van der Waals surface area contributed by atoms with Gasteiger partial charge < -0.3 is 40.7 Å². The lowest BCUT2D eigenvalue weighted by Crippen LogP contribution is -2.43. The van der Waals surface area contributed by atoms with Crippen molar-refractivity contribution in [3.8, 4) is 11.5 Å².